The van der Waals surface area contributed by atoms with Crippen LogP contribution in [0.25, 0.3) is 0 Å². The minimum Gasteiger partial charge on any atom is -0.409 e. The van der Waals surface area contributed by atoms with Crippen LogP contribution in [0, 0.1) is 0 Å². The second kappa shape index (κ2) is 6.26. The molecule has 0 fully saturated rings. The van der Waals surface area contributed by atoms with Crippen LogP contribution in [0.15, 0.2) is 34.4 Å². The summed E-state index contributed by atoms with van der Waals surface area (Å²) >= 11 is 1.58. The first-order chi connectivity index (χ1) is 9.20. The Bertz CT molecular complexity index is 555. The van der Waals surface area contributed by atoms with Gasteiger partial charge in [0.05, 0.1) is 11.2 Å². The molecule has 3 N–H and O–H groups in total. The molecule has 2 aromatic heterocycles. The number of oxime groups is 1. The molecule has 6 nitrogen and oxygen atoms in total. The SMILES string of the molecule is CN(Cc1cscn1)Cc1cccnc1/C(N)=N/O. The lowest BCUT2D eigenvalue weighted by Gasteiger charge is -2.16. The van der Waals surface area contributed by atoms with Crippen molar-refractivity contribution in [2.24, 2.45) is 10.9 Å². The fraction of sp³-hybridized carbons (Fsp3) is 0.250. The molecule has 0 radical (unpaired) electrons. The third-order valence-corrected chi connectivity index (χ3v) is 3.23. The third-order valence-electron chi connectivity index (χ3n) is 2.60. The summed E-state index contributed by atoms with van der Waals surface area (Å²) in [5.41, 5.74) is 9.88. The van der Waals surface area contributed by atoms with Crippen molar-refractivity contribution in [3.8, 4) is 0 Å². The number of rotatable bonds is 5. The zero-order chi connectivity index (χ0) is 13.7. The zero-order valence-electron chi connectivity index (χ0n) is 10.5. The summed E-state index contributed by atoms with van der Waals surface area (Å²) < 4.78 is 0. The maximum atomic E-state index is 8.75. The van der Waals surface area contributed by atoms with Crippen LogP contribution in [-0.2, 0) is 13.1 Å². The van der Waals surface area contributed by atoms with E-state index >= 15 is 0 Å². The Morgan fingerprint density at radius 2 is 2.32 bits per heavy atom. The summed E-state index contributed by atoms with van der Waals surface area (Å²) in [6.07, 6.45) is 1.62. The molecular formula is C12H15N5OS. The van der Waals surface area contributed by atoms with E-state index in [1.54, 1.807) is 17.5 Å². The number of amidine groups is 1. The summed E-state index contributed by atoms with van der Waals surface area (Å²) in [6.45, 7) is 1.39. The third kappa shape index (κ3) is 3.49. The summed E-state index contributed by atoms with van der Waals surface area (Å²) in [5, 5.41) is 13.8. The van der Waals surface area contributed by atoms with Crippen LogP contribution >= 0.6 is 11.3 Å². The molecule has 2 heterocycles. The number of thiazole rings is 1. The van der Waals surface area contributed by atoms with Gasteiger partial charge in [-0.25, -0.2) is 4.98 Å². The molecule has 0 aromatic carbocycles. The smallest absolute Gasteiger partial charge is 0.189 e. The van der Waals surface area contributed by atoms with Crippen molar-refractivity contribution in [1.82, 2.24) is 14.9 Å². The second-order valence-electron chi connectivity index (χ2n) is 4.15. The normalized spacial score (nSPS) is 12.0. The van der Waals surface area contributed by atoms with Gasteiger partial charge in [-0.1, -0.05) is 11.2 Å². The van der Waals surface area contributed by atoms with E-state index in [1.165, 1.54) is 0 Å². The van der Waals surface area contributed by atoms with E-state index in [1.807, 2.05) is 30.1 Å². The molecule has 0 amide bonds. The van der Waals surface area contributed by atoms with Crippen molar-refractivity contribution < 1.29 is 5.21 Å². The molecule has 2 aromatic rings. The van der Waals surface area contributed by atoms with Crippen LogP contribution in [-0.4, -0.2) is 33.0 Å². The molecular weight excluding hydrogens is 262 g/mol. The Balaban J connectivity index is 2.10. The Labute approximate surface area is 115 Å². The maximum Gasteiger partial charge on any atom is 0.189 e. The lowest BCUT2D eigenvalue weighted by atomic mass is 10.1. The Kier molecular flexibility index (Phi) is 4.43. The molecule has 0 saturated carbocycles. The van der Waals surface area contributed by atoms with Gasteiger partial charge in [-0.15, -0.1) is 11.3 Å². The summed E-state index contributed by atoms with van der Waals surface area (Å²) in [6, 6.07) is 3.75. The molecule has 0 atom stereocenters. The van der Waals surface area contributed by atoms with E-state index in [2.05, 4.69) is 20.0 Å². The number of aromatic nitrogens is 2. The van der Waals surface area contributed by atoms with Crippen LogP contribution < -0.4 is 5.73 Å². The Morgan fingerprint density at radius 3 is 3.00 bits per heavy atom. The standard InChI is InChI=1S/C12H15N5OS/c1-17(6-10-7-19-8-15-10)5-9-3-2-4-14-11(9)12(13)16-18/h2-4,7-8,18H,5-6H2,1H3,(H2,13,16). The van der Waals surface area contributed by atoms with Gasteiger partial charge in [-0.3, -0.25) is 9.88 Å². The predicted molar refractivity (Wildman–Crippen MR) is 74.0 cm³/mol. The van der Waals surface area contributed by atoms with Crippen LogP contribution in [0.4, 0.5) is 0 Å². The molecule has 7 heteroatoms. The van der Waals surface area contributed by atoms with Gasteiger partial charge in [-0.05, 0) is 18.7 Å². The Morgan fingerprint density at radius 1 is 1.47 bits per heavy atom. The van der Waals surface area contributed by atoms with Gasteiger partial charge >= 0.3 is 0 Å². The molecule has 0 aliphatic heterocycles. The van der Waals surface area contributed by atoms with Gasteiger partial charge in [0.2, 0.25) is 0 Å². The summed E-state index contributed by atoms with van der Waals surface area (Å²) in [4.78, 5) is 10.5. The van der Waals surface area contributed by atoms with Gasteiger partial charge in [0.15, 0.2) is 5.84 Å². The van der Waals surface area contributed by atoms with Crippen molar-refractivity contribution in [3.05, 3.63) is 46.2 Å². The lowest BCUT2D eigenvalue weighted by molar-refractivity contribution is 0.313. The molecule has 0 spiro atoms. The van der Waals surface area contributed by atoms with Crippen molar-refractivity contribution in [2.45, 2.75) is 13.1 Å². The van der Waals surface area contributed by atoms with E-state index in [4.69, 9.17) is 10.9 Å². The number of nitrogens with two attached hydrogens (primary N) is 1. The minimum absolute atomic E-state index is 0.0256. The van der Waals surface area contributed by atoms with Gasteiger partial charge in [0.25, 0.3) is 0 Å². The van der Waals surface area contributed by atoms with Crippen LogP contribution in [0.5, 0.6) is 0 Å². The number of nitrogens with zero attached hydrogens (tertiary/aromatic N) is 4. The average molecular weight is 277 g/mol. The molecule has 0 aliphatic carbocycles. The highest BCUT2D eigenvalue weighted by molar-refractivity contribution is 7.07. The van der Waals surface area contributed by atoms with Crippen LogP contribution in [0.3, 0.4) is 0 Å². The number of hydrogen-bond donors (Lipinski definition) is 2. The molecule has 19 heavy (non-hydrogen) atoms. The van der Waals surface area contributed by atoms with Gasteiger partial charge in [-0.2, -0.15) is 0 Å². The topological polar surface area (TPSA) is 87.6 Å². The molecule has 0 unspecified atom stereocenters. The van der Waals surface area contributed by atoms with E-state index in [9.17, 15) is 0 Å². The largest absolute Gasteiger partial charge is 0.409 e. The summed E-state index contributed by atoms with van der Waals surface area (Å²) in [7, 11) is 1.99. The van der Waals surface area contributed by atoms with E-state index in [0.29, 0.717) is 12.2 Å². The molecule has 0 saturated heterocycles. The van der Waals surface area contributed by atoms with E-state index in [-0.39, 0.29) is 5.84 Å². The maximum absolute atomic E-state index is 8.75. The zero-order valence-corrected chi connectivity index (χ0v) is 11.3. The highest BCUT2D eigenvalue weighted by Crippen LogP contribution is 2.11. The highest BCUT2D eigenvalue weighted by atomic mass is 32.1. The Hall–Kier alpha value is -1.99. The molecule has 2 rings (SSSR count). The fourth-order valence-corrected chi connectivity index (χ4v) is 2.33. The average Bonchev–Trinajstić information content (AvgIpc) is 2.91. The first kappa shape index (κ1) is 13.4. The van der Waals surface area contributed by atoms with Gasteiger partial charge in [0.1, 0.15) is 5.69 Å². The summed E-state index contributed by atoms with van der Waals surface area (Å²) in [5.74, 6) is 0.0256. The van der Waals surface area contributed by atoms with Crippen LogP contribution in [0.2, 0.25) is 0 Å². The van der Waals surface area contributed by atoms with Crippen molar-refractivity contribution in [3.63, 3.8) is 0 Å². The molecule has 0 aliphatic rings. The quantitative estimate of drug-likeness (QED) is 0.372. The van der Waals surface area contributed by atoms with Crippen molar-refractivity contribution in [2.75, 3.05) is 7.05 Å². The fourth-order valence-electron chi connectivity index (χ4n) is 1.78. The monoisotopic (exact) mass is 277 g/mol. The number of pyridine rings is 1. The molecule has 100 valence electrons. The highest BCUT2D eigenvalue weighted by Gasteiger charge is 2.11. The van der Waals surface area contributed by atoms with Crippen molar-refractivity contribution in [1.29, 1.82) is 0 Å². The lowest BCUT2D eigenvalue weighted by Crippen LogP contribution is -2.22. The number of hydrogen-bond acceptors (Lipinski definition) is 6. The van der Waals surface area contributed by atoms with Crippen molar-refractivity contribution >= 4 is 17.2 Å². The minimum atomic E-state index is 0.0256. The predicted octanol–water partition coefficient (Wildman–Crippen LogP) is 1.26. The second-order valence-corrected chi connectivity index (χ2v) is 4.87. The first-order valence-corrected chi connectivity index (χ1v) is 6.62. The van der Waals surface area contributed by atoms with Gasteiger partial charge in [0, 0.05) is 24.7 Å². The van der Waals surface area contributed by atoms with E-state index in [0.717, 1.165) is 17.8 Å². The van der Waals surface area contributed by atoms with E-state index < -0.39 is 0 Å². The molecule has 0 bridgehead atoms. The van der Waals surface area contributed by atoms with Gasteiger partial charge < -0.3 is 10.9 Å². The first-order valence-electron chi connectivity index (χ1n) is 5.68. The van der Waals surface area contributed by atoms with Crippen LogP contribution in [0.1, 0.15) is 17.0 Å².